The van der Waals surface area contributed by atoms with Crippen molar-refractivity contribution in [2.75, 3.05) is 20.3 Å². The molecule has 1 N–H and O–H groups in total. The van der Waals surface area contributed by atoms with Gasteiger partial charge in [-0.15, -0.1) is 0 Å². The van der Waals surface area contributed by atoms with E-state index in [1.165, 1.54) is 6.33 Å². The molecule has 2 aliphatic rings. The minimum atomic E-state index is -0.762. The van der Waals surface area contributed by atoms with E-state index in [-0.39, 0.29) is 24.5 Å². The Balaban J connectivity index is 1.52. The number of amides is 2. The van der Waals surface area contributed by atoms with Crippen LogP contribution in [0.15, 0.2) is 36.9 Å². The summed E-state index contributed by atoms with van der Waals surface area (Å²) in [6, 6.07) is 7.16. The Morgan fingerprint density at radius 3 is 2.75 bits per heavy atom. The third-order valence-electron chi connectivity index (χ3n) is 5.02. The minimum absolute atomic E-state index is 0.0741. The van der Waals surface area contributed by atoms with Crippen LogP contribution in [0.5, 0.6) is 5.75 Å². The number of methoxy groups -OCH3 is 1. The number of nitrogens with one attached hydrogen (secondary N) is 1. The number of rotatable bonds is 7. The predicted molar refractivity (Wildman–Crippen MR) is 98.4 cm³/mol. The topological polar surface area (TPSA) is 98.6 Å². The molecule has 0 spiro atoms. The van der Waals surface area contributed by atoms with Gasteiger partial charge in [0, 0.05) is 12.6 Å². The van der Waals surface area contributed by atoms with E-state index in [1.54, 1.807) is 18.1 Å². The van der Waals surface area contributed by atoms with Gasteiger partial charge in [0.05, 0.1) is 19.7 Å². The molecule has 148 valence electrons. The summed E-state index contributed by atoms with van der Waals surface area (Å²) in [5.74, 6) is 0.410. The summed E-state index contributed by atoms with van der Waals surface area (Å²) in [5.41, 5.74) is 0.858. The summed E-state index contributed by atoms with van der Waals surface area (Å²) in [5, 5.41) is 6.91. The fourth-order valence-electron chi connectivity index (χ4n) is 3.51. The molecule has 9 nitrogen and oxygen atoms in total. The van der Waals surface area contributed by atoms with E-state index in [0.717, 1.165) is 24.2 Å². The van der Waals surface area contributed by atoms with Crippen LogP contribution < -0.4 is 10.1 Å². The standard InChI is InChI=1S/C19H23N5O4/c1-27-15-6-2-13(3-7-15)17-18(28-10-16(25)24(17)14-4-5-14)19(26)21-8-9-23-12-20-11-22-23/h2-3,6-7,11-12,14,17-18H,4-5,8-10H2,1H3,(H,21,26). The van der Waals surface area contributed by atoms with Crippen molar-refractivity contribution in [2.24, 2.45) is 0 Å². The van der Waals surface area contributed by atoms with Gasteiger partial charge in [-0.1, -0.05) is 12.1 Å². The average molecular weight is 385 g/mol. The van der Waals surface area contributed by atoms with Crippen LogP contribution in [0.3, 0.4) is 0 Å². The Hall–Kier alpha value is -2.94. The van der Waals surface area contributed by atoms with Gasteiger partial charge in [-0.25, -0.2) is 4.98 Å². The first-order valence-corrected chi connectivity index (χ1v) is 9.34. The molecule has 28 heavy (non-hydrogen) atoms. The van der Waals surface area contributed by atoms with Gasteiger partial charge in [0.2, 0.25) is 5.91 Å². The largest absolute Gasteiger partial charge is 0.497 e. The monoisotopic (exact) mass is 385 g/mol. The third-order valence-corrected chi connectivity index (χ3v) is 5.02. The maximum atomic E-state index is 12.9. The van der Waals surface area contributed by atoms with Gasteiger partial charge in [0.25, 0.3) is 5.91 Å². The van der Waals surface area contributed by atoms with E-state index < -0.39 is 12.1 Å². The average Bonchev–Trinajstić information content (AvgIpc) is 3.42. The van der Waals surface area contributed by atoms with E-state index in [4.69, 9.17) is 9.47 Å². The molecule has 2 aromatic rings. The Kier molecular flexibility index (Phi) is 5.25. The Labute approximate surface area is 162 Å². The van der Waals surface area contributed by atoms with E-state index >= 15 is 0 Å². The lowest BCUT2D eigenvalue weighted by atomic mass is 9.96. The first kappa shape index (κ1) is 18.4. The quantitative estimate of drug-likeness (QED) is 0.747. The van der Waals surface area contributed by atoms with Gasteiger partial charge in [0.15, 0.2) is 6.10 Å². The van der Waals surface area contributed by atoms with Crippen LogP contribution in [0, 0.1) is 0 Å². The molecule has 4 rings (SSSR count). The first-order chi connectivity index (χ1) is 13.7. The van der Waals surface area contributed by atoms with Crippen LogP contribution in [0.1, 0.15) is 24.4 Å². The summed E-state index contributed by atoms with van der Waals surface area (Å²) in [6.45, 7) is 0.829. The predicted octanol–water partition coefficient (Wildman–Crippen LogP) is 0.534. The molecule has 1 aromatic heterocycles. The maximum Gasteiger partial charge on any atom is 0.251 e. The zero-order valence-electron chi connectivity index (χ0n) is 15.7. The number of benzene rings is 1. The van der Waals surface area contributed by atoms with Crippen LogP contribution in [0.4, 0.5) is 0 Å². The van der Waals surface area contributed by atoms with Crippen molar-refractivity contribution in [1.82, 2.24) is 25.0 Å². The molecular formula is C19H23N5O4. The maximum absolute atomic E-state index is 12.9. The summed E-state index contributed by atoms with van der Waals surface area (Å²) >= 11 is 0. The van der Waals surface area contributed by atoms with Crippen LogP contribution in [-0.2, 0) is 20.9 Å². The lowest BCUT2D eigenvalue weighted by molar-refractivity contribution is -0.165. The van der Waals surface area contributed by atoms with Gasteiger partial charge < -0.3 is 19.7 Å². The highest BCUT2D eigenvalue weighted by Crippen LogP contribution is 2.39. The van der Waals surface area contributed by atoms with Gasteiger partial charge >= 0.3 is 0 Å². The van der Waals surface area contributed by atoms with E-state index in [9.17, 15) is 9.59 Å². The van der Waals surface area contributed by atoms with E-state index in [1.807, 2.05) is 29.2 Å². The van der Waals surface area contributed by atoms with Crippen molar-refractivity contribution in [3.8, 4) is 5.75 Å². The van der Waals surface area contributed by atoms with Crippen molar-refractivity contribution in [3.05, 3.63) is 42.5 Å². The highest BCUT2D eigenvalue weighted by molar-refractivity contribution is 5.86. The first-order valence-electron chi connectivity index (χ1n) is 9.34. The SMILES string of the molecule is COc1ccc(C2C(C(=O)NCCn3cncn3)OCC(=O)N2C2CC2)cc1. The molecule has 0 radical (unpaired) electrons. The lowest BCUT2D eigenvalue weighted by Crippen LogP contribution is -2.55. The fourth-order valence-corrected chi connectivity index (χ4v) is 3.51. The molecule has 2 amide bonds. The van der Waals surface area contributed by atoms with Crippen molar-refractivity contribution < 1.29 is 19.1 Å². The molecule has 9 heteroatoms. The summed E-state index contributed by atoms with van der Waals surface area (Å²) in [6.07, 6.45) is 4.20. The summed E-state index contributed by atoms with van der Waals surface area (Å²) in [7, 11) is 1.60. The number of carbonyl (C=O) groups excluding carboxylic acids is 2. The molecule has 2 unspecified atom stereocenters. The van der Waals surface area contributed by atoms with Gasteiger partial charge in [-0.2, -0.15) is 5.10 Å². The summed E-state index contributed by atoms with van der Waals surface area (Å²) in [4.78, 5) is 31.1. The second-order valence-electron chi connectivity index (χ2n) is 6.93. The fraction of sp³-hybridized carbons (Fsp3) is 0.474. The number of morpholine rings is 1. The van der Waals surface area contributed by atoms with Crippen LogP contribution >= 0.6 is 0 Å². The van der Waals surface area contributed by atoms with Gasteiger partial charge in [0.1, 0.15) is 25.0 Å². The highest BCUT2D eigenvalue weighted by atomic mass is 16.5. The van der Waals surface area contributed by atoms with Crippen molar-refractivity contribution in [1.29, 1.82) is 0 Å². The second-order valence-corrected chi connectivity index (χ2v) is 6.93. The number of nitrogens with zero attached hydrogens (tertiary/aromatic N) is 4. The van der Waals surface area contributed by atoms with E-state index in [2.05, 4.69) is 15.4 Å². The summed E-state index contributed by atoms with van der Waals surface area (Å²) < 4.78 is 12.6. The Morgan fingerprint density at radius 2 is 2.11 bits per heavy atom. The number of carbonyl (C=O) groups is 2. The van der Waals surface area contributed by atoms with Crippen molar-refractivity contribution >= 4 is 11.8 Å². The van der Waals surface area contributed by atoms with Crippen molar-refractivity contribution in [3.63, 3.8) is 0 Å². The number of hydrogen-bond acceptors (Lipinski definition) is 6. The molecule has 1 saturated heterocycles. The second kappa shape index (κ2) is 7.97. The number of ether oxygens (including phenoxy) is 2. The van der Waals surface area contributed by atoms with Crippen LogP contribution in [0.2, 0.25) is 0 Å². The normalized spacial score (nSPS) is 22.2. The Bertz CT molecular complexity index is 819. The molecule has 1 saturated carbocycles. The lowest BCUT2D eigenvalue weighted by Gasteiger charge is -2.40. The molecule has 1 aliphatic heterocycles. The van der Waals surface area contributed by atoms with Gasteiger partial charge in [-0.05, 0) is 30.5 Å². The zero-order valence-corrected chi connectivity index (χ0v) is 15.7. The molecule has 1 aromatic carbocycles. The molecule has 2 fully saturated rings. The molecule has 2 atom stereocenters. The van der Waals surface area contributed by atoms with Crippen LogP contribution in [-0.4, -0.2) is 63.9 Å². The van der Waals surface area contributed by atoms with Crippen LogP contribution in [0.25, 0.3) is 0 Å². The molecule has 0 bridgehead atoms. The number of hydrogen-bond donors (Lipinski definition) is 1. The van der Waals surface area contributed by atoms with Crippen molar-refractivity contribution in [2.45, 2.75) is 37.6 Å². The van der Waals surface area contributed by atoms with E-state index in [0.29, 0.717) is 13.1 Å². The zero-order chi connectivity index (χ0) is 19.5. The van der Waals surface area contributed by atoms with Gasteiger partial charge in [-0.3, -0.25) is 14.3 Å². The smallest absolute Gasteiger partial charge is 0.251 e. The number of aromatic nitrogens is 3. The highest BCUT2D eigenvalue weighted by Gasteiger charge is 2.47. The molecule has 1 aliphatic carbocycles. The molecule has 2 heterocycles. The third kappa shape index (κ3) is 3.84. The minimum Gasteiger partial charge on any atom is -0.497 e. The Morgan fingerprint density at radius 1 is 1.32 bits per heavy atom. The molecular weight excluding hydrogens is 362 g/mol.